The first-order chi connectivity index (χ1) is 10.7. The van der Waals surface area contributed by atoms with E-state index in [1.807, 2.05) is 0 Å². The Kier molecular flexibility index (Phi) is 5.43. The smallest absolute Gasteiger partial charge is 0.251 e. The van der Waals surface area contributed by atoms with Crippen molar-refractivity contribution in [3.63, 3.8) is 0 Å². The number of ketones is 1. The van der Waals surface area contributed by atoms with Crippen molar-refractivity contribution >= 4 is 17.6 Å². The molecule has 0 radical (unpaired) electrons. The van der Waals surface area contributed by atoms with Crippen molar-refractivity contribution in [2.45, 2.75) is 0 Å². The lowest BCUT2D eigenvalue weighted by atomic mass is 10.2. The maximum absolute atomic E-state index is 11.8. The van der Waals surface area contributed by atoms with Gasteiger partial charge >= 0.3 is 0 Å². The zero-order valence-corrected chi connectivity index (χ0v) is 11.9. The third kappa shape index (κ3) is 4.56. The topological polar surface area (TPSA) is 75.3 Å². The normalized spacial score (nSPS) is 9.82. The standard InChI is InChI=1S/C17H16N2O3/c20-15(11-18-16(21)13-7-3-1-4-8-13)12-19-17(22)14-9-5-2-6-10-14/h1-10H,11-12H2,(H,18,21)(H,19,22). The molecule has 2 amide bonds. The van der Waals surface area contributed by atoms with Crippen molar-refractivity contribution in [1.29, 1.82) is 0 Å². The summed E-state index contributed by atoms with van der Waals surface area (Å²) in [7, 11) is 0. The molecule has 0 fully saturated rings. The van der Waals surface area contributed by atoms with E-state index in [0.717, 1.165) is 0 Å². The molecule has 0 aliphatic carbocycles. The molecule has 2 aromatic carbocycles. The van der Waals surface area contributed by atoms with Crippen molar-refractivity contribution in [3.8, 4) is 0 Å². The van der Waals surface area contributed by atoms with Gasteiger partial charge in [0.15, 0.2) is 5.78 Å². The Labute approximate surface area is 128 Å². The molecule has 0 heterocycles. The van der Waals surface area contributed by atoms with Gasteiger partial charge in [-0.2, -0.15) is 0 Å². The second-order valence-electron chi connectivity index (χ2n) is 4.64. The Balaban J connectivity index is 1.74. The third-order valence-corrected chi connectivity index (χ3v) is 2.96. The Hall–Kier alpha value is -2.95. The molecule has 0 saturated carbocycles. The maximum Gasteiger partial charge on any atom is 0.251 e. The van der Waals surface area contributed by atoms with Crippen LogP contribution in [0.2, 0.25) is 0 Å². The number of hydrogen-bond acceptors (Lipinski definition) is 3. The van der Waals surface area contributed by atoms with Crippen molar-refractivity contribution < 1.29 is 14.4 Å². The summed E-state index contributed by atoms with van der Waals surface area (Å²) in [4.78, 5) is 35.2. The molecule has 0 aliphatic heterocycles. The molecule has 2 N–H and O–H groups in total. The zero-order valence-electron chi connectivity index (χ0n) is 11.9. The van der Waals surface area contributed by atoms with Crippen LogP contribution in [0.4, 0.5) is 0 Å². The molecule has 112 valence electrons. The van der Waals surface area contributed by atoms with Gasteiger partial charge in [0.05, 0.1) is 13.1 Å². The fourth-order valence-corrected chi connectivity index (χ4v) is 1.80. The highest BCUT2D eigenvalue weighted by Gasteiger charge is 2.09. The number of carbonyl (C=O) groups excluding carboxylic acids is 3. The molecule has 0 aromatic heterocycles. The molecule has 2 aromatic rings. The largest absolute Gasteiger partial charge is 0.345 e. The van der Waals surface area contributed by atoms with Crippen LogP contribution in [0.15, 0.2) is 60.7 Å². The minimum Gasteiger partial charge on any atom is -0.345 e. The molecule has 2 rings (SSSR count). The molecular weight excluding hydrogens is 280 g/mol. The number of rotatable bonds is 6. The van der Waals surface area contributed by atoms with E-state index in [0.29, 0.717) is 11.1 Å². The third-order valence-electron chi connectivity index (χ3n) is 2.96. The van der Waals surface area contributed by atoms with E-state index in [9.17, 15) is 14.4 Å². The van der Waals surface area contributed by atoms with Gasteiger partial charge < -0.3 is 10.6 Å². The Morgan fingerprint density at radius 3 is 1.36 bits per heavy atom. The van der Waals surface area contributed by atoms with E-state index in [1.54, 1.807) is 60.7 Å². The molecule has 0 spiro atoms. The van der Waals surface area contributed by atoms with E-state index in [-0.39, 0.29) is 30.7 Å². The van der Waals surface area contributed by atoms with Gasteiger partial charge in [0.2, 0.25) is 0 Å². The number of benzene rings is 2. The van der Waals surface area contributed by atoms with Crippen LogP contribution in [0, 0.1) is 0 Å². The van der Waals surface area contributed by atoms with Crippen LogP contribution >= 0.6 is 0 Å². The lowest BCUT2D eigenvalue weighted by Crippen LogP contribution is -2.36. The predicted octanol–water partition coefficient (Wildman–Crippen LogP) is 1.42. The van der Waals surface area contributed by atoms with E-state index in [2.05, 4.69) is 10.6 Å². The first-order valence-corrected chi connectivity index (χ1v) is 6.85. The van der Waals surface area contributed by atoms with Crippen LogP contribution in [0.5, 0.6) is 0 Å². The summed E-state index contributed by atoms with van der Waals surface area (Å²) < 4.78 is 0. The van der Waals surface area contributed by atoms with Crippen molar-refractivity contribution in [2.24, 2.45) is 0 Å². The summed E-state index contributed by atoms with van der Waals surface area (Å²) in [6.45, 7) is -0.244. The van der Waals surface area contributed by atoms with Gasteiger partial charge in [-0.3, -0.25) is 14.4 Å². The van der Waals surface area contributed by atoms with Gasteiger partial charge in [-0.15, -0.1) is 0 Å². The van der Waals surface area contributed by atoms with Gasteiger partial charge in [-0.25, -0.2) is 0 Å². The average Bonchev–Trinajstić information content (AvgIpc) is 2.59. The van der Waals surface area contributed by atoms with Crippen LogP contribution in [-0.4, -0.2) is 30.7 Å². The van der Waals surface area contributed by atoms with E-state index in [1.165, 1.54) is 0 Å². The van der Waals surface area contributed by atoms with E-state index < -0.39 is 0 Å². The predicted molar refractivity (Wildman–Crippen MR) is 82.6 cm³/mol. The quantitative estimate of drug-likeness (QED) is 0.846. The lowest BCUT2D eigenvalue weighted by Gasteiger charge is -2.06. The van der Waals surface area contributed by atoms with Crippen molar-refractivity contribution in [3.05, 3.63) is 71.8 Å². The van der Waals surface area contributed by atoms with Crippen LogP contribution in [0.25, 0.3) is 0 Å². The molecule has 0 saturated heterocycles. The number of hydrogen-bond donors (Lipinski definition) is 2. The number of carbonyl (C=O) groups is 3. The minimum absolute atomic E-state index is 0.122. The van der Waals surface area contributed by atoms with Gasteiger partial charge in [-0.05, 0) is 24.3 Å². The Morgan fingerprint density at radius 1 is 0.636 bits per heavy atom. The first kappa shape index (κ1) is 15.4. The van der Waals surface area contributed by atoms with Gasteiger partial charge in [0, 0.05) is 11.1 Å². The second-order valence-corrected chi connectivity index (χ2v) is 4.64. The highest BCUT2D eigenvalue weighted by atomic mass is 16.2. The van der Waals surface area contributed by atoms with Crippen LogP contribution in [0.3, 0.4) is 0 Å². The van der Waals surface area contributed by atoms with Gasteiger partial charge in [0.25, 0.3) is 11.8 Å². The van der Waals surface area contributed by atoms with Gasteiger partial charge in [0.1, 0.15) is 0 Å². The van der Waals surface area contributed by atoms with Crippen LogP contribution in [0.1, 0.15) is 20.7 Å². The molecule has 22 heavy (non-hydrogen) atoms. The zero-order chi connectivity index (χ0) is 15.8. The maximum atomic E-state index is 11.8. The fourth-order valence-electron chi connectivity index (χ4n) is 1.80. The molecule has 0 unspecified atom stereocenters. The second kappa shape index (κ2) is 7.73. The molecule has 5 heteroatoms. The van der Waals surface area contributed by atoms with Crippen molar-refractivity contribution in [1.82, 2.24) is 10.6 Å². The van der Waals surface area contributed by atoms with E-state index >= 15 is 0 Å². The molecule has 0 atom stereocenters. The number of amides is 2. The van der Waals surface area contributed by atoms with E-state index in [4.69, 9.17) is 0 Å². The summed E-state index contributed by atoms with van der Waals surface area (Å²) in [5.74, 6) is -0.903. The highest BCUT2D eigenvalue weighted by Crippen LogP contribution is 1.98. The first-order valence-electron chi connectivity index (χ1n) is 6.85. The van der Waals surface area contributed by atoms with Crippen LogP contribution < -0.4 is 10.6 Å². The summed E-state index contributed by atoms with van der Waals surface area (Å²) in [6.07, 6.45) is 0. The summed E-state index contributed by atoms with van der Waals surface area (Å²) >= 11 is 0. The molecule has 5 nitrogen and oxygen atoms in total. The summed E-state index contributed by atoms with van der Waals surface area (Å²) in [5, 5.41) is 5.04. The average molecular weight is 296 g/mol. The Bertz CT molecular complexity index is 597. The molecular formula is C17H16N2O3. The monoisotopic (exact) mass is 296 g/mol. The highest BCUT2D eigenvalue weighted by molar-refractivity contribution is 5.99. The number of nitrogens with one attached hydrogen (secondary N) is 2. The fraction of sp³-hybridized carbons (Fsp3) is 0.118. The Morgan fingerprint density at radius 2 is 1.00 bits per heavy atom. The van der Waals surface area contributed by atoms with Crippen LogP contribution in [-0.2, 0) is 4.79 Å². The molecule has 0 aliphatic rings. The lowest BCUT2D eigenvalue weighted by molar-refractivity contribution is -0.117. The summed E-state index contributed by atoms with van der Waals surface area (Å²) in [6, 6.07) is 17.3. The molecule has 0 bridgehead atoms. The minimum atomic E-state index is -0.316. The summed E-state index contributed by atoms with van der Waals surface area (Å²) in [5.41, 5.74) is 0.979. The van der Waals surface area contributed by atoms with Gasteiger partial charge in [-0.1, -0.05) is 36.4 Å². The number of Topliss-reactive ketones (excluding diaryl/α,β-unsaturated/α-hetero) is 1. The SMILES string of the molecule is O=C(CNC(=O)c1ccccc1)CNC(=O)c1ccccc1. The van der Waals surface area contributed by atoms with Crippen molar-refractivity contribution in [2.75, 3.05) is 13.1 Å².